The molecule has 0 aromatic heterocycles. The molecule has 6 nitrogen and oxygen atoms in total. The molecular formula is C29H40F6N2O4S. The second-order valence-electron chi connectivity index (χ2n) is 12.3. The molecule has 2 unspecified atom stereocenters. The summed E-state index contributed by atoms with van der Waals surface area (Å²) in [5, 5.41) is 2.80. The maximum atomic E-state index is 13.8. The van der Waals surface area contributed by atoms with Gasteiger partial charge in [0.25, 0.3) is 0 Å². The van der Waals surface area contributed by atoms with E-state index in [4.69, 9.17) is 9.47 Å². The van der Waals surface area contributed by atoms with Gasteiger partial charge in [0.1, 0.15) is 6.10 Å². The number of rotatable bonds is 8. The molecule has 1 saturated carbocycles. The second kappa shape index (κ2) is 12.9. The van der Waals surface area contributed by atoms with E-state index in [0.717, 1.165) is 17.0 Å². The average molecular weight is 627 g/mol. The molecule has 1 aromatic carbocycles. The number of alkyl halides is 6. The van der Waals surface area contributed by atoms with Crippen molar-refractivity contribution in [2.75, 3.05) is 20.3 Å². The Balaban J connectivity index is 1.89. The topological polar surface area (TPSA) is 67.9 Å². The van der Waals surface area contributed by atoms with Gasteiger partial charge >= 0.3 is 18.3 Å². The molecule has 0 radical (unpaired) electrons. The summed E-state index contributed by atoms with van der Waals surface area (Å²) in [6, 6.07) is 1.66. The van der Waals surface area contributed by atoms with Crippen molar-refractivity contribution < 1.29 is 45.4 Å². The van der Waals surface area contributed by atoms with Gasteiger partial charge in [0.2, 0.25) is 5.91 Å². The van der Waals surface area contributed by atoms with Crippen molar-refractivity contribution >= 4 is 23.6 Å². The lowest BCUT2D eigenvalue weighted by molar-refractivity contribution is -0.197. The maximum absolute atomic E-state index is 13.8. The van der Waals surface area contributed by atoms with Gasteiger partial charge in [-0.15, -0.1) is 11.8 Å². The van der Waals surface area contributed by atoms with Crippen molar-refractivity contribution in [1.82, 2.24) is 10.2 Å². The van der Waals surface area contributed by atoms with Crippen LogP contribution in [0.4, 0.5) is 26.3 Å². The number of amides is 2. The molecule has 1 aromatic rings. The maximum Gasteiger partial charge on any atom is 0.471 e. The lowest BCUT2D eigenvalue weighted by Crippen LogP contribution is -2.59. The number of nitrogens with zero attached hydrogens (tertiary/aromatic N) is 1. The van der Waals surface area contributed by atoms with E-state index in [0.29, 0.717) is 10.5 Å². The molecule has 1 aliphatic carbocycles. The lowest BCUT2D eigenvalue weighted by atomic mass is 9.74. The first-order valence-electron chi connectivity index (χ1n) is 14.0. The third kappa shape index (κ3) is 7.93. The molecule has 2 aliphatic rings. The summed E-state index contributed by atoms with van der Waals surface area (Å²) in [7, 11) is 1.35. The van der Waals surface area contributed by atoms with Crippen LogP contribution in [0.3, 0.4) is 0 Å². The van der Waals surface area contributed by atoms with Crippen LogP contribution in [0.1, 0.15) is 71.4 Å². The van der Waals surface area contributed by atoms with Crippen molar-refractivity contribution in [2.45, 2.75) is 107 Å². The fourth-order valence-corrected chi connectivity index (χ4v) is 6.99. The Hall–Kier alpha value is -1.99. The zero-order chi connectivity index (χ0) is 31.7. The van der Waals surface area contributed by atoms with Crippen LogP contribution < -0.4 is 5.32 Å². The Morgan fingerprint density at radius 1 is 1.14 bits per heavy atom. The highest BCUT2D eigenvalue weighted by Crippen LogP contribution is 2.48. The minimum absolute atomic E-state index is 0.0156. The van der Waals surface area contributed by atoms with Gasteiger partial charge in [-0.3, -0.25) is 9.59 Å². The summed E-state index contributed by atoms with van der Waals surface area (Å²) >= 11 is 1.37. The fourth-order valence-electron chi connectivity index (χ4n) is 5.93. The van der Waals surface area contributed by atoms with Crippen molar-refractivity contribution in [3.63, 3.8) is 0 Å². The number of thioether (sulfide) groups is 1. The molecular weight excluding hydrogens is 586 g/mol. The van der Waals surface area contributed by atoms with E-state index < -0.39 is 53.3 Å². The van der Waals surface area contributed by atoms with Crippen molar-refractivity contribution in [2.24, 2.45) is 11.3 Å². The van der Waals surface area contributed by atoms with Crippen LogP contribution >= 0.6 is 11.8 Å². The molecule has 1 heterocycles. The minimum atomic E-state index is -5.12. The fraction of sp³-hybridized carbons (Fsp3) is 0.724. The molecule has 1 aliphatic heterocycles. The Bertz CT molecular complexity index is 1120. The van der Waals surface area contributed by atoms with Crippen molar-refractivity contribution in [1.29, 1.82) is 0 Å². The van der Waals surface area contributed by atoms with Crippen molar-refractivity contribution in [3.05, 3.63) is 29.3 Å². The van der Waals surface area contributed by atoms with E-state index in [1.165, 1.54) is 24.9 Å². The van der Waals surface area contributed by atoms with E-state index in [-0.39, 0.29) is 56.1 Å². The third-order valence-corrected chi connectivity index (χ3v) is 9.35. The van der Waals surface area contributed by atoms with Crippen LogP contribution in [0.2, 0.25) is 0 Å². The van der Waals surface area contributed by atoms with Crippen LogP contribution in [-0.2, 0) is 31.8 Å². The Morgan fingerprint density at radius 2 is 1.81 bits per heavy atom. The molecule has 13 heteroatoms. The molecule has 3 rings (SSSR count). The number of ether oxygens (including phenoxy) is 2. The number of carbonyl (C=O) groups is 2. The van der Waals surface area contributed by atoms with Crippen LogP contribution in [0.15, 0.2) is 23.1 Å². The number of hydrogen-bond acceptors (Lipinski definition) is 5. The highest BCUT2D eigenvalue weighted by molar-refractivity contribution is 8.00. The quantitative estimate of drug-likeness (QED) is 0.260. The molecule has 238 valence electrons. The number of nitrogens with one attached hydrogen (secondary N) is 1. The first kappa shape index (κ1) is 34.5. The summed E-state index contributed by atoms with van der Waals surface area (Å²) in [6.45, 7) is 9.36. The standard InChI is InChI=1S/C29H40F6N2O4S/c1-17(2)27(24(38)36-15-18-13-19(28(30,31)32)7-8-23(18)42-26(3,4)5)11-9-20(14-27)37(25(39)29(33,34)35)21-10-12-41-16-22(21)40-6/h7-8,13,17,20-22H,9-12,14-16H2,1-6H3,(H,36,38)/t20-,21?,22?,27+/m1/s1. The van der Waals surface area contributed by atoms with Gasteiger partial charge in [-0.2, -0.15) is 26.3 Å². The van der Waals surface area contributed by atoms with Gasteiger partial charge in [0.15, 0.2) is 0 Å². The van der Waals surface area contributed by atoms with E-state index in [2.05, 4.69) is 5.32 Å². The number of carbonyl (C=O) groups excluding carboxylic acids is 2. The van der Waals surface area contributed by atoms with Crippen LogP contribution in [0, 0.1) is 11.3 Å². The number of halogens is 6. The van der Waals surface area contributed by atoms with Crippen molar-refractivity contribution in [3.8, 4) is 0 Å². The Labute approximate surface area is 247 Å². The van der Waals surface area contributed by atoms with Gasteiger partial charge < -0.3 is 19.7 Å². The molecule has 42 heavy (non-hydrogen) atoms. The first-order chi connectivity index (χ1) is 19.3. The predicted octanol–water partition coefficient (Wildman–Crippen LogP) is 6.60. The van der Waals surface area contributed by atoms with Crippen LogP contribution in [0.5, 0.6) is 0 Å². The lowest BCUT2D eigenvalue weighted by Gasteiger charge is -2.43. The number of methoxy groups -OCH3 is 1. The first-order valence-corrected chi connectivity index (χ1v) is 14.8. The van der Waals surface area contributed by atoms with Gasteiger partial charge in [0, 0.05) is 35.9 Å². The van der Waals surface area contributed by atoms with Gasteiger partial charge in [0.05, 0.1) is 23.6 Å². The average Bonchev–Trinajstić information content (AvgIpc) is 3.33. The molecule has 1 saturated heterocycles. The molecule has 2 fully saturated rings. The zero-order valence-electron chi connectivity index (χ0n) is 24.7. The smallest absolute Gasteiger partial charge is 0.379 e. The largest absolute Gasteiger partial charge is 0.471 e. The second-order valence-corrected chi connectivity index (χ2v) is 14.2. The Kier molecular flexibility index (Phi) is 10.6. The minimum Gasteiger partial charge on any atom is -0.379 e. The molecule has 1 N–H and O–H groups in total. The van der Waals surface area contributed by atoms with Crippen LogP contribution in [0.25, 0.3) is 0 Å². The Morgan fingerprint density at radius 3 is 2.36 bits per heavy atom. The zero-order valence-corrected chi connectivity index (χ0v) is 25.6. The molecule has 0 spiro atoms. The van der Waals surface area contributed by atoms with Gasteiger partial charge in [-0.25, -0.2) is 0 Å². The van der Waals surface area contributed by atoms with E-state index in [1.807, 2.05) is 20.8 Å². The van der Waals surface area contributed by atoms with Crippen LogP contribution in [-0.4, -0.2) is 66.1 Å². The number of hydrogen-bond donors (Lipinski definition) is 1. The molecule has 2 amide bonds. The third-order valence-electron chi connectivity index (χ3n) is 8.12. The van der Waals surface area contributed by atoms with Gasteiger partial charge in [-0.1, -0.05) is 34.6 Å². The SMILES string of the molecule is COC1COCCC1N(C(=O)C(F)(F)F)[C@@H]1CC[C@@](C(=O)NCc2cc(C(F)(F)F)ccc2SC(C)(C)C)(C(C)C)C1. The monoisotopic (exact) mass is 626 g/mol. The van der Waals surface area contributed by atoms with E-state index >= 15 is 0 Å². The van der Waals surface area contributed by atoms with E-state index in [1.54, 1.807) is 13.8 Å². The molecule has 4 atom stereocenters. The summed E-state index contributed by atoms with van der Waals surface area (Å²) in [6.07, 6.45) is -9.93. The summed E-state index contributed by atoms with van der Waals surface area (Å²) < 4.78 is 92.3. The van der Waals surface area contributed by atoms with Gasteiger partial charge in [-0.05, 0) is 55.4 Å². The highest BCUT2D eigenvalue weighted by atomic mass is 32.2. The summed E-state index contributed by atoms with van der Waals surface area (Å²) in [4.78, 5) is 28.0. The summed E-state index contributed by atoms with van der Waals surface area (Å²) in [5.74, 6) is -2.75. The number of benzene rings is 1. The predicted molar refractivity (Wildman–Crippen MR) is 147 cm³/mol. The highest BCUT2D eigenvalue weighted by Gasteiger charge is 2.55. The molecule has 0 bridgehead atoms. The van der Waals surface area contributed by atoms with E-state index in [9.17, 15) is 35.9 Å². The summed E-state index contributed by atoms with van der Waals surface area (Å²) in [5.41, 5.74) is -1.66. The normalized spacial score (nSPS) is 25.5.